The molecule has 0 radical (unpaired) electrons. The van der Waals surface area contributed by atoms with Gasteiger partial charge >= 0.3 is 0 Å². The van der Waals surface area contributed by atoms with Gasteiger partial charge in [-0.15, -0.1) is 10.2 Å². The number of sulfonamides is 1. The van der Waals surface area contributed by atoms with Crippen LogP contribution in [0.3, 0.4) is 0 Å². The molecule has 1 aromatic heterocycles. The minimum Gasteiger partial charge on any atom is -0.421 e. The average Bonchev–Trinajstić information content (AvgIpc) is 3.11. The Morgan fingerprint density at radius 1 is 1.00 bits per heavy atom. The summed E-state index contributed by atoms with van der Waals surface area (Å²) in [5.74, 6) is 0.822. The lowest BCUT2D eigenvalue weighted by atomic mass is 10.1. The molecule has 0 bridgehead atoms. The van der Waals surface area contributed by atoms with Crippen molar-refractivity contribution >= 4 is 10.0 Å². The first kappa shape index (κ1) is 18.3. The highest BCUT2D eigenvalue weighted by Gasteiger charge is 2.14. The van der Waals surface area contributed by atoms with Gasteiger partial charge in [0.25, 0.3) is 0 Å². The quantitative estimate of drug-likeness (QED) is 0.690. The molecule has 0 atom stereocenters. The minimum absolute atomic E-state index is 0.188. The van der Waals surface area contributed by atoms with Crippen LogP contribution in [0.15, 0.2) is 57.8 Å². The first-order valence-electron chi connectivity index (χ1n) is 8.46. The van der Waals surface area contributed by atoms with Gasteiger partial charge in [-0.1, -0.05) is 36.8 Å². The molecule has 0 unspecified atom stereocenters. The highest BCUT2D eigenvalue weighted by Crippen LogP contribution is 2.18. The van der Waals surface area contributed by atoms with Crippen LogP contribution in [-0.2, 0) is 22.9 Å². The second-order valence-electron chi connectivity index (χ2n) is 6.01. The van der Waals surface area contributed by atoms with Gasteiger partial charge < -0.3 is 4.42 Å². The first-order chi connectivity index (χ1) is 12.5. The molecule has 0 amide bonds. The fourth-order valence-electron chi connectivity index (χ4n) is 2.45. The Labute approximate surface area is 153 Å². The van der Waals surface area contributed by atoms with E-state index in [2.05, 4.69) is 14.9 Å². The summed E-state index contributed by atoms with van der Waals surface area (Å²) in [7, 11) is -3.55. The van der Waals surface area contributed by atoms with E-state index in [1.165, 1.54) is 0 Å². The van der Waals surface area contributed by atoms with Gasteiger partial charge in [0.2, 0.25) is 21.8 Å². The number of rotatable bonds is 7. The number of aryl methyl sites for hydroxylation is 2. The number of nitrogens with one attached hydrogen (secondary N) is 1. The third-order valence-corrected chi connectivity index (χ3v) is 5.52. The number of aromatic nitrogens is 2. The van der Waals surface area contributed by atoms with Gasteiger partial charge in [0.1, 0.15) is 0 Å². The molecule has 3 rings (SSSR count). The van der Waals surface area contributed by atoms with E-state index in [4.69, 9.17) is 4.42 Å². The molecule has 1 heterocycles. The van der Waals surface area contributed by atoms with Gasteiger partial charge in [0.15, 0.2) is 0 Å². The summed E-state index contributed by atoms with van der Waals surface area (Å²) in [6.07, 6.45) is 1.19. The van der Waals surface area contributed by atoms with E-state index in [-0.39, 0.29) is 11.4 Å². The Bertz CT molecular complexity index is 962. The van der Waals surface area contributed by atoms with E-state index in [1.807, 2.05) is 50.2 Å². The average molecular weight is 371 g/mol. The number of nitrogens with zero attached hydrogens (tertiary/aromatic N) is 2. The lowest BCUT2D eigenvalue weighted by Crippen LogP contribution is -2.26. The van der Waals surface area contributed by atoms with Gasteiger partial charge in [-0.25, -0.2) is 13.1 Å². The first-order valence-corrected chi connectivity index (χ1v) is 9.94. The van der Waals surface area contributed by atoms with Crippen molar-refractivity contribution in [1.82, 2.24) is 14.9 Å². The lowest BCUT2D eigenvalue weighted by Gasteiger charge is -2.06. The number of benzene rings is 2. The van der Waals surface area contributed by atoms with Crippen molar-refractivity contribution in [3.05, 3.63) is 65.5 Å². The summed E-state index contributed by atoms with van der Waals surface area (Å²) in [6, 6.07) is 14.6. The van der Waals surface area contributed by atoms with Crippen LogP contribution >= 0.6 is 0 Å². The van der Waals surface area contributed by atoms with Crippen LogP contribution in [0.4, 0.5) is 0 Å². The third-order valence-electron chi connectivity index (χ3n) is 4.04. The summed E-state index contributed by atoms with van der Waals surface area (Å²) < 4.78 is 32.8. The van der Waals surface area contributed by atoms with Gasteiger partial charge in [0.05, 0.1) is 4.90 Å². The van der Waals surface area contributed by atoms with Crippen LogP contribution in [0.2, 0.25) is 0 Å². The molecule has 0 saturated heterocycles. The second kappa shape index (κ2) is 7.80. The zero-order valence-corrected chi connectivity index (χ0v) is 15.6. The van der Waals surface area contributed by atoms with Crippen molar-refractivity contribution in [1.29, 1.82) is 0 Å². The van der Waals surface area contributed by atoms with Crippen molar-refractivity contribution in [2.24, 2.45) is 0 Å². The lowest BCUT2D eigenvalue weighted by molar-refractivity contribution is 0.502. The zero-order chi connectivity index (χ0) is 18.6. The molecule has 6 nitrogen and oxygen atoms in total. The molecule has 3 aromatic rings. The topological polar surface area (TPSA) is 85.1 Å². The van der Waals surface area contributed by atoms with E-state index in [0.717, 1.165) is 23.1 Å². The van der Waals surface area contributed by atoms with Crippen LogP contribution in [0.25, 0.3) is 11.5 Å². The molecule has 1 N–H and O–H groups in total. The second-order valence-corrected chi connectivity index (χ2v) is 7.78. The van der Waals surface area contributed by atoms with Crippen molar-refractivity contribution in [2.45, 2.75) is 31.6 Å². The molecule has 7 heteroatoms. The fourth-order valence-corrected chi connectivity index (χ4v) is 3.48. The van der Waals surface area contributed by atoms with Crippen LogP contribution < -0.4 is 4.72 Å². The van der Waals surface area contributed by atoms with Crippen LogP contribution in [0.5, 0.6) is 0 Å². The molecule has 2 aromatic carbocycles. The van der Waals surface area contributed by atoms with E-state index < -0.39 is 10.0 Å². The summed E-state index contributed by atoms with van der Waals surface area (Å²) in [4.78, 5) is 0.251. The van der Waals surface area contributed by atoms with Gasteiger partial charge in [-0.05, 0) is 43.2 Å². The monoisotopic (exact) mass is 371 g/mol. The van der Waals surface area contributed by atoms with Crippen molar-refractivity contribution in [2.75, 3.05) is 6.54 Å². The molecule has 0 saturated carbocycles. The van der Waals surface area contributed by atoms with Crippen LogP contribution in [-0.4, -0.2) is 25.2 Å². The third kappa shape index (κ3) is 4.36. The molecular formula is C19H21N3O3S. The maximum absolute atomic E-state index is 12.3. The highest BCUT2D eigenvalue weighted by atomic mass is 32.2. The van der Waals surface area contributed by atoms with E-state index in [0.29, 0.717) is 18.2 Å². The zero-order valence-electron chi connectivity index (χ0n) is 14.8. The van der Waals surface area contributed by atoms with E-state index in [9.17, 15) is 8.42 Å². The molecule has 0 aliphatic heterocycles. The predicted molar refractivity (Wildman–Crippen MR) is 99.2 cm³/mol. The molecular weight excluding hydrogens is 350 g/mol. The van der Waals surface area contributed by atoms with Gasteiger partial charge in [-0.3, -0.25) is 0 Å². The Kier molecular flexibility index (Phi) is 5.49. The molecule has 0 aliphatic rings. The Morgan fingerprint density at radius 3 is 2.35 bits per heavy atom. The maximum Gasteiger partial charge on any atom is 0.247 e. The van der Waals surface area contributed by atoms with Gasteiger partial charge in [0, 0.05) is 18.5 Å². The highest BCUT2D eigenvalue weighted by molar-refractivity contribution is 7.89. The minimum atomic E-state index is -3.55. The maximum atomic E-state index is 12.3. The summed E-state index contributed by atoms with van der Waals surface area (Å²) in [5, 5.41) is 7.99. The van der Waals surface area contributed by atoms with Crippen LogP contribution in [0.1, 0.15) is 23.9 Å². The smallest absolute Gasteiger partial charge is 0.247 e. The fraction of sp³-hybridized carbons (Fsp3) is 0.263. The summed E-state index contributed by atoms with van der Waals surface area (Å²) >= 11 is 0. The van der Waals surface area contributed by atoms with Crippen molar-refractivity contribution in [3.63, 3.8) is 0 Å². The van der Waals surface area contributed by atoms with E-state index in [1.54, 1.807) is 12.1 Å². The Hall–Kier alpha value is -2.51. The van der Waals surface area contributed by atoms with Crippen molar-refractivity contribution in [3.8, 4) is 11.5 Å². The predicted octanol–water partition coefficient (Wildman–Crippen LogP) is 3.13. The Morgan fingerprint density at radius 2 is 1.69 bits per heavy atom. The number of hydrogen-bond donors (Lipinski definition) is 1. The molecule has 26 heavy (non-hydrogen) atoms. The Balaban J connectivity index is 1.60. The van der Waals surface area contributed by atoms with Gasteiger partial charge in [-0.2, -0.15) is 0 Å². The molecule has 0 aliphatic carbocycles. The SMILES string of the molecule is CCc1ccc(S(=O)(=O)NCCc2nnc(-c3ccc(C)cc3)o2)cc1. The normalized spacial score (nSPS) is 11.6. The summed E-state index contributed by atoms with van der Waals surface area (Å²) in [6.45, 7) is 4.22. The molecule has 0 fully saturated rings. The summed E-state index contributed by atoms with van der Waals surface area (Å²) in [5.41, 5.74) is 3.08. The molecule has 0 spiro atoms. The van der Waals surface area contributed by atoms with E-state index >= 15 is 0 Å². The van der Waals surface area contributed by atoms with Crippen LogP contribution in [0, 0.1) is 6.92 Å². The largest absolute Gasteiger partial charge is 0.421 e. The standard InChI is InChI=1S/C19H21N3O3S/c1-3-15-6-10-17(11-7-15)26(23,24)20-13-12-18-21-22-19(25-18)16-8-4-14(2)5-9-16/h4-11,20H,3,12-13H2,1-2H3. The molecule has 136 valence electrons. The van der Waals surface area contributed by atoms with Crippen molar-refractivity contribution < 1.29 is 12.8 Å². The number of hydrogen-bond acceptors (Lipinski definition) is 5.